The smallest absolute Gasteiger partial charge is 0.335 e. The summed E-state index contributed by atoms with van der Waals surface area (Å²) in [6.07, 6.45) is -0.356. The first-order valence-electron chi connectivity index (χ1n) is 7.31. The van der Waals surface area contributed by atoms with Gasteiger partial charge in [0.2, 0.25) is 0 Å². The highest BCUT2D eigenvalue weighted by molar-refractivity contribution is 5.76. The van der Waals surface area contributed by atoms with E-state index in [1.807, 2.05) is 24.3 Å². The van der Waals surface area contributed by atoms with Gasteiger partial charge in [-0.2, -0.15) is 13.2 Å². The molecule has 0 aliphatic heterocycles. The van der Waals surface area contributed by atoms with Gasteiger partial charge < -0.3 is 4.98 Å². The van der Waals surface area contributed by atoms with Gasteiger partial charge in [0.05, 0.1) is 16.8 Å². The number of hydrogen-bond donors (Lipinski definition) is 1. The Morgan fingerprint density at radius 1 is 0.880 bits per heavy atom. The van der Waals surface area contributed by atoms with Crippen LogP contribution >= 0.6 is 0 Å². The molecule has 4 rings (SSSR count). The number of aromatic nitrogens is 5. The molecule has 0 unspecified atom stereocenters. The summed E-state index contributed by atoms with van der Waals surface area (Å²) in [4.78, 5) is 19.3. The molecule has 4 heterocycles. The fourth-order valence-electron chi connectivity index (χ4n) is 2.40. The first-order valence-corrected chi connectivity index (χ1v) is 7.31. The predicted molar refractivity (Wildman–Crippen MR) is 85.4 cm³/mol. The van der Waals surface area contributed by atoms with E-state index < -0.39 is 11.7 Å². The van der Waals surface area contributed by atoms with Crippen molar-refractivity contribution in [2.75, 3.05) is 0 Å². The van der Waals surface area contributed by atoms with E-state index in [4.69, 9.17) is 0 Å². The summed E-state index contributed by atoms with van der Waals surface area (Å²) < 4.78 is 38.3. The van der Waals surface area contributed by atoms with Crippen LogP contribution in [-0.4, -0.2) is 24.9 Å². The van der Waals surface area contributed by atoms with Crippen LogP contribution in [0.4, 0.5) is 13.2 Å². The molecule has 0 aliphatic rings. The normalized spacial score (nSPS) is 11.8. The number of H-pyrrole nitrogens is 1. The zero-order chi connectivity index (χ0) is 17.4. The van der Waals surface area contributed by atoms with Crippen LogP contribution < -0.4 is 0 Å². The fourth-order valence-corrected chi connectivity index (χ4v) is 2.40. The second kappa shape index (κ2) is 5.66. The van der Waals surface area contributed by atoms with Gasteiger partial charge in [-0.25, -0.2) is 9.97 Å². The maximum absolute atomic E-state index is 12.8. The zero-order valence-electron chi connectivity index (χ0n) is 12.6. The van der Waals surface area contributed by atoms with Crippen molar-refractivity contribution in [3.05, 3.63) is 60.6 Å². The van der Waals surface area contributed by atoms with Gasteiger partial charge in [0, 0.05) is 24.2 Å². The lowest BCUT2D eigenvalue weighted by Gasteiger charge is -2.04. The van der Waals surface area contributed by atoms with Crippen LogP contribution in [0.25, 0.3) is 33.9 Å². The van der Waals surface area contributed by atoms with E-state index >= 15 is 0 Å². The molecular formula is C17H10F3N5. The summed E-state index contributed by atoms with van der Waals surface area (Å²) >= 11 is 0. The second-order valence-electron chi connectivity index (χ2n) is 5.33. The molecule has 0 saturated carbocycles. The molecule has 0 atom stereocenters. The molecule has 0 bridgehead atoms. The van der Waals surface area contributed by atoms with Crippen molar-refractivity contribution in [3.63, 3.8) is 0 Å². The molecule has 0 amide bonds. The van der Waals surface area contributed by atoms with Gasteiger partial charge in [-0.15, -0.1) is 0 Å². The van der Waals surface area contributed by atoms with E-state index in [0.29, 0.717) is 11.5 Å². The summed E-state index contributed by atoms with van der Waals surface area (Å²) in [5.74, 6) is 0.356. The van der Waals surface area contributed by atoms with Crippen LogP contribution in [0.3, 0.4) is 0 Å². The Bertz CT molecular complexity index is 1020. The van der Waals surface area contributed by atoms with E-state index in [0.717, 1.165) is 23.5 Å². The minimum atomic E-state index is -4.45. The average molecular weight is 341 g/mol. The Balaban J connectivity index is 1.70. The van der Waals surface area contributed by atoms with Crippen LogP contribution in [0.15, 0.2) is 55.0 Å². The minimum absolute atomic E-state index is 0.207. The van der Waals surface area contributed by atoms with Crippen LogP contribution in [0.2, 0.25) is 0 Å². The highest BCUT2D eigenvalue weighted by atomic mass is 19.4. The van der Waals surface area contributed by atoms with E-state index in [9.17, 15) is 13.2 Å². The van der Waals surface area contributed by atoms with Crippen molar-refractivity contribution in [1.29, 1.82) is 0 Å². The lowest BCUT2D eigenvalue weighted by atomic mass is 10.2. The maximum Gasteiger partial charge on any atom is 0.417 e. The number of hydrogen-bond acceptors (Lipinski definition) is 4. The molecule has 124 valence electrons. The van der Waals surface area contributed by atoms with Gasteiger partial charge in [0.1, 0.15) is 5.69 Å². The van der Waals surface area contributed by atoms with Crippen LogP contribution in [0.1, 0.15) is 5.56 Å². The summed E-state index contributed by atoms with van der Waals surface area (Å²) in [5, 5.41) is 0. The Morgan fingerprint density at radius 2 is 1.76 bits per heavy atom. The predicted octanol–water partition coefficient (Wildman–Crippen LogP) is 4.10. The van der Waals surface area contributed by atoms with Crippen molar-refractivity contribution in [2.24, 2.45) is 0 Å². The van der Waals surface area contributed by atoms with Crippen LogP contribution in [0, 0.1) is 0 Å². The molecular weight excluding hydrogens is 331 g/mol. The van der Waals surface area contributed by atoms with Crippen molar-refractivity contribution in [1.82, 2.24) is 24.9 Å². The van der Waals surface area contributed by atoms with Crippen molar-refractivity contribution >= 4 is 11.2 Å². The Labute approximate surface area is 139 Å². The first kappa shape index (κ1) is 15.3. The molecule has 0 spiro atoms. The van der Waals surface area contributed by atoms with Gasteiger partial charge in [-0.05, 0) is 30.3 Å². The molecule has 0 aromatic carbocycles. The third-order valence-corrected chi connectivity index (χ3v) is 3.63. The first-order chi connectivity index (χ1) is 12.0. The number of pyridine rings is 3. The quantitative estimate of drug-likeness (QED) is 0.596. The molecule has 25 heavy (non-hydrogen) atoms. The molecule has 0 radical (unpaired) electrons. The van der Waals surface area contributed by atoms with Crippen molar-refractivity contribution in [2.45, 2.75) is 6.18 Å². The fraction of sp³-hybridized carbons (Fsp3) is 0.0588. The number of nitrogens with one attached hydrogen (secondary N) is 1. The molecule has 0 saturated heterocycles. The molecule has 8 heteroatoms. The maximum atomic E-state index is 12.8. The van der Waals surface area contributed by atoms with Gasteiger partial charge in [-0.3, -0.25) is 9.97 Å². The van der Waals surface area contributed by atoms with E-state index in [1.165, 1.54) is 0 Å². The van der Waals surface area contributed by atoms with Crippen molar-refractivity contribution in [3.8, 4) is 22.8 Å². The zero-order valence-corrected chi connectivity index (χ0v) is 12.6. The van der Waals surface area contributed by atoms with Crippen LogP contribution in [-0.2, 0) is 6.18 Å². The lowest BCUT2D eigenvalue weighted by Crippen LogP contribution is -2.05. The lowest BCUT2D eigenvalue weighted by molar-refractivity contribution is -0.137. The molecule has 1 N–H and O–H groups in total. The van der Waals surface area contributed by atoms with E-state index in [1.54, 1.807) is 18.5 Å². The van der Waals surface area contributed by atoms with E-state index in [2.05, 4.69) is 24.9 Å². The number of alkyl halides is 3. The molecule has 4 aromatic heterocycles. The topological polar surface area (TPSA) is 67.3 Å². The summed E-state index contributed by atoms with van der Waals surface area (Å²) in [5.41, 5.74) is 1.71. The standard InChI is InChI=1S/C17H10F3N5/c18-17(19,20)11-7-14-15(23-9-11)25-16(24-14)13-5-4-10(8-22-13)12-3-1-2-6-21-12/h1-9H,(H,23,24,25). The highest BCUT2D eigenvalue weighted by Crippen LogP contribution is 2.30. The minimum Gasteiger partial charge on any atom is -0.335 e. The number of aromatic amines is 1. The monoisotopic (exact) mass is 341 g/mol. The summed E-state index contributed by atoms with van der Waals surface area (Å²) in [6, 6.07) is 10.1. The van der Waals surface area contributed by atoms with Gasteiger partial charge in [0.15, 0.2) is 11.5 Å². The Morgan fingerprint density at radius 3 is 2.44 bits per heavy atom. The molecule has 4 aromatic rings. The Kier molecular flexibility index (Phi) is 3.45. The van der Waals surface area contributed by atoms with E-state index in [-0.39, 0.29) is 11.2 Å². The molecule has 0 aliphatic carbocycles. The van der Waals surface area contributed by atoms with Crippen molar-refractivity contribution < 1.29 is 13.2 Å². The second-order valence-corrected chi connectivity index (χ2v) is 5.33. The number of nitrogens with zero attached hydrogens (tertiary/aromatic N) is 4. The summed E-state index contributed by atoms with van der Waals surface area (Å²) in [6.45, 7) is 0. The third-order valence-electron chi connectivity index (χ3n) is 3.63. The number of rotatable bonds is 2. The number of imidazole rings is 1. The molecule has 0 fully saturated rings. The number of halogens is 3. The van der Waals surface area contributed by atoms with Gasteiger partial charge in [0.25, 0.3) is 0 Å². The van der Waals surface area contributed by atoms with Gasteiger partial charge in [-0.1, -0.05) is 6.07 Å². The SMILES string of the molecule is FC(F)(F)c1cnc2nc(-c3ccc(-c4ccccn4)cn3)[nH]c2c1. The highest BCUT2D eigenvalue weighted by Gasteiger charge is 2.31. The third kappa shape index (κ3) is 2.93. The van der Waals surface area contributed by atoms with Gasteiger partial charge >= 0.3 is 6.18 Å². The summed E-state index contributed by atoms with van der Waals surface area (Å²) in [7, 11) is 0. The molecule has 5 nitrogen and oxygen atoms in total. The van der Waals surface area contributed by atoms with Crippen LogP contribution in [0.5, 0.6) is 0 Å². The Hall–Kier alpha value is -3.29. The largest absolute Gasteiger partial charge is 0.417 e. The number of fused-ring (bicyclic) bond motifs is 1. The average Bonchev–Trinajstić information content (AvgIpc) is 3.05.